The Morgan fingerprint density at radius 1 is 1.05 bits per heavy atom. The lowest BCUT2D eigenvalue weighted by Gasteiger charge is -2.63. The van der Waals surface area contributed by atoms with Crippen LogP contribution < -0.4 is 10.9 Å². The predicted octanol–water partition coefficient (Wildman–Crippen LogP) is 7.91. The quantitative estimate of drug-likeness (QED) is 0.236. The zero-order valence-electron chi connectivity index (χ0n) is 25.5. The Morgan fingerprint density at radius 3 is 2.50 bits per heavy atom. The number of hydrogen-bond donors (Lipinski definition) is 1. The molecule has 2 bridgehead atoms. The molecule has 2 aromatic carbocycles. The maximum absolute atomic E-state index is 13.4. The second-order valence-corrected chi connectivity index (χ2v) is 15.0. The lowest BCUT2D eigenvalue weighted by molar-refractivity contribution is -0.114. The highest BCUT2D eigenvalue weighted by atomic mass is 35.5. The van der Waals surface area contributed by atoms with Crippen LogP contribution in [-0.4, -0.2) is 39.5 Å². The zero-order chi connectivity index (χ0) is 29.8. The largest absolute Gasteiger partial charge is 0.342 e. The number of aliphatic imine (C=N–C) groups is 1. The first-order chi connectivity index (χ1) is 19.9. The predicted molar refractivity (Wildman–Crippen MR) is 175 cm³/mol. The van der Waals surface area contributed by atoms with Crippen LogP contribution in [0, 0.1) is 28.6 Å². The molecule has 3 saturated carbocycles. The van der Waals surface area contributed by atoms with Gasteiger partial charge in [-0.3, -0.25) is 9.36 Å². The molecule has 2 heterocycles. The van der Waals surface area contributed by atoms with E-state index in [1.807, 2.05) is 30.3 Å². The number of rotatable bonds is 5. The molecule has 3 aromatic rings. The maximum Gasteiger partial charge on any atom is 0.261 e. The summed E-state index contributed by atoms with van der Waals surface area (Å²) in [6, 6.07) is 11.6. The van der Waals surface area contributed by atoms with Gasteiger partial charge in [-0.05, 0) is 96.6 Å². The molecular formula is C34H43Cl2N5O. The molecule has 7 rings (SSSR count). The van der Waals surface area contributed by atoms with Crippen molar-refractivity contribution in [2.45, 2.75) is 79.3 Å². The van der Waals surface area contributed by atoms with E-state index in [9.17, 15) is 4.79 Å². The number of guanidine groups is 1. The number of nitrogens with zero attached hydrogens (tertiary/aromatic N) is 4. The van der Waals surface area contributed by atoms with Gasteiger partial charge in [0.05, 0.1) is 23.3 Å². The molecule has 1 N–H and O–H groups in total. The van der Waals surface area contributed by atoms with Crippen LogP contribution in [-0.2, 0) is 13.0 Å². The van der Waals surface area contributed by atoms with Crippen LogP contribution >= 0.6 is 23.2 Å². The smallest absolute Gasteiger partial charge is 0.261 e. The third-order valence-corrected chi connectivity index (χ3v) is 11.2. The van der Waals surface area contributed by atoms with Gasteiger partial charge in [0.2, 0.25) is 0 Å². The van der Waals surface area contributed by atoms with Crippen molar-refractivity contribution in [1.82, 2.24) is 14.5 Å². The molecule has 42 heavy (non-hydrogen) atoms. The van der Waals surface area contributed by atoms with Crippen LogP contribution in [0.2, 0.25) is 10.0 Å². The highest BCUT2D eigenvalue weighted by Gasteiger charge is 2.59. The number of fused-ring (bicyclic) bond motifs is 3. The Bertz CT molecular complexity index is 1560. The standard InChI is InChI=1S/C34H43Cl2N5O/c1-21-12-22(2)19-41(18-21)32(39-30-13-23-16-34(5,17-23)33(30,3)4)38-26-8-9-27-29(15-26)37-20-40(31(27)42)11-10-24-6-7-25(35)14-28(24)36/h6-9,14-15,20-23,30H,10-13,16-19H2,1-5H3,(H,38,39)/t21-,22+,23?,30?,34?. The van der Waals surface area contributed by atoms with Crippen LogP contribution in [0.3, 0.4) is 0 Å². The molecule has 1 aliphatic heterocycles. The number of aryl methyl sites for hydroxylation is 2. The number of halogens is 2. The lowest BCUT2D eigenvalue weighted by Crippen LogP contribution is -2.58. The van der Waals surface area contributed by atoms with Crippen LogP contribution in [0.1, 0.15) is 65.9 Å². The molecule has 4 fully saturated rings. The molecule has 1 saturated heterocycles. The lowest BCUT2D eigenvalue weighted by atomic mass is 9.43. The molecule has 6 nitrogen and oxygen atoms in total. The van der Waals surface area contributed by atoms with E-state index in [0.717, 1.165) is 42.6 Å². The summed E-state index contributed by atoms with van der Waals surface area (Å²) in [5.74, 6) is 2.99. The van der Waals surface area contributed by atoms with Gasteiger partial charge in [0.1, 0.15) is 0 Å². The van der Waals surface area contributed by atoms with Gasteiger partial charge >= 0.3 is 0 Å². The summed E-state index contributed by atoms with van der Waals surface area (Å²) in [5, 5.41) is 5.51. The summed E-state index contributed by atoms with van der Waals surface area (Å²) in [7, 11) is 0. The van der Waals surface area contributed by atoms with E-state index >= 15 is 0 Å². The number of anilines is 1. The molecule has 3 aliphatic carbocycles. The number of aromatic nitrogens is 2. The molecule has 8 heteroatoms. The second-order valence-electron chi connectivity index (χ2n) is 14.2. The van der Waals surface area contributed by atoms with Crippen molar-refractivity contribution in [2.24, 2.45) is 33.6 Å². The normalized spacial score (nSPS) is 28.9. The summed E-state index contributed by atoms with van der Waals surface area (Å²) in [6.07, 6.45) is 7.31. The Balaban J connectivity index is 1.26. The molecule has 0 radical (unpaired) electrons. The molecule has 3 atom stereocenters. The van der Waals surface area contributed by atoms with Gasteiger partial charge in [0.15, 0.2) is 5.96 Å². The molecule has 224 valence electrons. The number of nitrogens with one attached hydrogen (secondary N) is 1. The van der Waals surface area contributed by atoms with Gasteiger partial charge in [-0.1, -0.05) is 63.9 Å². The van der Waals surface area contributed by atoms with Crippen LogP contribution in [0.25, 0.3) is 10.9 Å². The summed E-state index contributed by atoms with van der Waals surface area (Å²) in [4.78, 5) is 26.0. The maximum atomic E-state index is 13.4. The average Bonchev–Trinajstić information content (AvgIpc) is 2.90. The van der Waals surface area contributed by atoms with E-state index in [4.69, 9.17) is 28.2 Å². The van der Waals surface area contributed by atoms with Gasteiger partial charge in [-0.15, -0.1) is 0 Å². The van der Waals surface area contributed by atoms with Crippen molar-refractivity contribution < 1.29 is 0 Å². The Hall–Kier alpha value is -2.57. The molecule has 0 spiro atoms. The van der Waals surface area contributed by atoms with E-state index in [-0.39, 0.29) is 17.0 Å². The molecule has 1 unspecified atom stereocenters. The van der Waals surface area contributed by atoms with Crippen molar-refractivity contribution in [3.63, 3.8) is 0 Å². The summed E-state index contributed by atoms with van der Waals surface area (Å²) in [5.41, 5.74) is 3.00. The summed E-state index contributed by atoms with van der Waals surface area (Å²) in [6.45, 7) is 14.5. The van der Waals surface area contributed by atoms with Crippen molar-refractivity contribution in [3.8, 4) is 0 Å². The highest BCUT2D eigenvalue weighted by molar-refractivity contribution is 6.35. The van der Waals surface area contributed by atoms with Crippen molar-refractivity contribution in [2.75, 3.05) is 18.4 Å². The number of hydrogen-bond acceptors (Lipinski definition) is 3. The molecular weight excluding hydrogens is 565 g/mol. The Morgan fingerprint density at radius 2 is 1.79 bits per heavy atom. The van der Waals surface area contributed by atoms with Crippen LogP contribution in [0.15, 0.2) is 52.5 Å². The number of benzene rings is 2. The average molecular weight is 609 g/mol. The van der Waals surface area contributed by atoms with Crippen molar-refractivity contribution in [1.29, 1.82) is 0 Å². The SMILES string of the molecule is C[C@@H]1C[C@H](C)CN(/C(=N\C2CC3CC(C)(C3)C2(C)C)Nc2ccc3c(=O)n(CCc4ccc(Cl)cc4Cl)cnc3c2)C1. The minimum Gasteiger partial charge on any atom is -0.342 e. The second kappa shape index (κ2) is 11.2. The van der Waals surface area contributed by atoms with Gasteiger partial charge in [0, 0.05) is 35.4 Å². The Kier molecular flexibility index (Phi) is 7.84. The van der Waals surface area contributed by atoms with Gasteiger partial charge < -0.3 is 10.2 Å². The fourth-order valence-electron chi connectivity index (χ4n) is 7.80. The van der Waals surface area contributed by atoms with E-state index in [0.29, 0.717) is 51.2 Å². The molecule has 4 aliphatic rings. The van der Waals surface area contributed by atoms with Crippen LogP contribution in [0.5, 0.6) is 0 Å². The third kappa shape index (κ3) is 5.57. The van der Waals surface area contributed by atoms with Gasteiger partial charge in [-0.25, -0.2) is 9.98 Å². The van der Waals surface area contributed by atoms with E-state index in [1.165, 1.54) is 19.3 Å². The first kappa shape index (κ1) is 29.5. The van der Waals surface area contributed by atoms with Crippen molar-refractivity contribution >= 4 is 45.8 Å². The summed E-state index contributed by atoms with van der Waals surface area (Å²) < 4.78 is 1.65. The van der Waals surface area contributed by atoms with E-state index in [1.54, 1.807) is 17.0 Å². The molecule has 0 amide bonds. The first-order valence-corrected chi connectivity index (χ1v) is 16.2. The number of likely N-dealkylation sites (tertiary alicyclic amines) is 1. The first-order valence-electron chi connectivity index (χ1n) is 15.4. The van der Waals surface area contributed by atoms with Crippen molar-refractivity contribution in [3.05, 3.63) is 68.7 Å². The Labute approximate surface area is 259 Å². The minimum absolute atomic E-state index is 0.0550. The van der Waals surface area contributed by atoms with Gasteiger partial charge in [0.25, 0.3) is 5.56 Å². The summed E-state index contributed by atoms with van der Waals surface area (Å²) >= 11 is 12.4. The van der Waals surface area contributed by atoms with E-state index in [2.05, 4.69) is 49.8 Å². The number of piperidine rings is 1. The third-order valence-electron chi connectivity index (χ3n) is 10.6. The van der Waals surface area contributed by atoms with E-state index < -0.39 is 0 Å². The highest BCUT2D eigenvalue weighted by Crippen LogP contribution is 2.65. The molecule has 1 aromatic heterocycles. The van der Waals surface area contributed by atoms with Crippen LogP contribution in [0.4, 0.5) is 5.69 Å². The monoisotopic (exact) mass is 607 g/mol. The fraction of sp³-hybridized carbons (Fsp3) is 0.559. The fourth-order valence-corrected chi connectivity index (χ4v) is 8.30. The minimum atomic E-state index is -0.0550. The van der Waals surface area contributed by atoms with Gasteiger partial charge in [-0.2, -0.15) is 0 Å². The topological polar surface area (TPSA) is 62.5 Å². The zero-order valence-corrected chi connectivity index (χ0v) is 27.0.